The first-order chi connectivity index (χ1) is 10.2. The number of nitrogens with one attached hydrogen (secondary N) is 1. The highest BCUT2D eigenvalue weighted by Crippen LogP contribution is 2.32. The smallest absolute Gasteiger partial charge is 0.161 e. The molecule has 21 heavy (non-hydrogen) atoms. The van der Waals surface area contributed by atoms with E-state index in [2.05, 4.69) is 38.2 Å². The predicted molar refractivity (Wildman–Crippen MR) is 84.1 cm³/mol. The van der Waals surface area contributed by atoms with Crippen LogP contribution >= 0.6 is 0 Å². The van der Waals surface area contributed by atoms with Crippen LogP contribution in [0.1, 0.15) is 38.8 Å². The van der Waals surface area contributed by atoms with Gasteiger partial charge in [-0.1, -0.05) is 26.8 Å². The van der Waals surface area contributed by atoms with E-state index >= 15 is 0 Å². The first-order valence-corrected chi connectivity index (χ1v) is 7.91. The van der Waals surface area contributed by atoms with Crippen LogP contribution in [0.2, 0.25) is 0 Å². The first kappa shape index (κ1) is 16.1. The number of ether oxygens (including phenoxy) is 3. The Bertz CT molecular complexity index is 434. The molecule has 1 aliphatic heterocycles. The molecule has 1 aromatic carbocycles. The molecule has 118 valence electrons. The number of hydrogen-bond acceptors (Lipinski definition) is 4. The van der Waals surface area contributed by atoms with Gasteiger partial charge in [-0.05, 0) is 36.6 Å². The number of rotatable bonds is 8. The lowest BCUT2D eigenvalue weighted by atomic mass is 10.1. The third kappa shape index (κ3) is 4.90. The van der Waals surface area contributed by atoms with Crippen LogP contribution in [0.25, 0.3) is 0 Å². The zero-order chi connectivity index (χ0) is 15.1. The molecule has 1 N–H and O–H groups in total. The van der Waals surface area contributed by atoms with Crippen LogP contribution < -0.4 is 14.8 Å². The Kier molecular flexibility index (Phi) is 6.33. The van der Waals surface area contributed by atoms with Crippen LogP contribution in [0.3, 0.4) is 0 Å². The van der Waals surface area contributed by atoms with E-state index in [4.69, 9.17) is 14.2 Å². The van der Waals surface area contributed by atoms with Crippen molar-refractivity contribution >= 4 is 0 Å². The van der Waals surface area contributed by atoms with E-state index < -0.39 is 0 Å². The van der Waals surface area contributed by atoms with Crippen LogP contribution in [0.5, 0.6) is 11.5 Å². The summed E-state index contributed by atoms with van der Waals surface area (Å²) in [5.41, 5.74) is 1.19. The highest BCUT2D eigenvalue weighted by molar-refractivity contribution is 5.44. The molecular weight excluding hydrogens is 266 g/mol. The van der Waals surface area contributed by atoms with E-state index in [9.17, 15) is 0 Å². The molecular formula is C17H27NO3. The summed E-state index contributed by atoms with van der Waals surface area (Å²) in [4.78, 5) is 0. The van der Waals surface area contributed by atoms with Gasteiger partial charge in [0, 0.05) is 6.61 Å². The average molecular weight is 293 g/mol. The van der Waals surface area contributed by atoms with Gasteiger partial charge in [-0.25, -0.2) is 0 Å². The van der Waals surface area contributed by atoms with Gasteiger partial charge in [0.1, 0.15) is 13.2 Å². The highest BCUT2D eigenvalue weighted by Gasteiger charge is 2.16. The Balaban J connectivity index is 1.96. The van der Waals surface area contributed by atoms with Gasteiger partial charge in [-0.3, -0.25) is 0 Å². The normalized spacial score (nSPS) is 15.2. The summed E-state index contributed by atoms with van der Waals surface area (Å²) in [5, 5.41) is 3.47. The van der Waals surface area contributed by atoms with Gasteiger partial charge < -0.3 is 19.5 Å². The summed E-state index contributed by atoms with van der Waals surface area (Å²) in [6.07, 6.45) is 1.10. The lowest BCUT2D eigenvalue weighted by Gasteiger charge is -2.23. The van der Waals surface area contributed by atoms with Crippen LogP contribution in [-0.4, -0.2) is 33.0 Å². The summed E-state index contributed by atoms with van der Waals surface area (Å²) < 4.78 is 17.0. The summed E-state index contributed by atoms with van der Waals surface area (Å²) >= 11 is 0. The maximum absolute atomic E-state index is 5.82. The van der Waals surface area contributed by atoms with Crippen LogP contribution in [0, 0.1) is 5.92 Å². The van der Waals surface area contributed by atoms with Crippen molar-refractivity contribution in [1.29, 1.82) is 0 Å². The summed E-state index contributed by atoms with van der Waals surface area (Å²) in [5.74, 6) is 2.35. The van der Waals surface area contributed by atoms with Gasteiger partial charge in [0.05, 0.1) is 12.6 Å². The summed E-state index contributed by atoms with van der Waals surface area (Å²) in [6.45, 7) is 10.2. The van der Waals surface area contributed by atoms with Crippen molar-refractivity contribution in [2.24, 2.45) is 5.92 Å². The molecule has 4 heteroatoms. The maximum atomic E-state index is 5.82. The fraction of sp³-hybridized carbons (Fsp3) is 0.647. The fourth-order valence-electron chi connectivity index (χ4n) is 2.32. The molecule has 2 rings (SSSR count). The van der Waals surface area contributed by atoms with Crippen LogP contribution in [-0.2, 0) is 4.74 Å². The molecule has 1 aliphatic rings. The van der Waals surface area contributed by atoms with Crippen molar-refractivity contribution < 1.29 is 14.2 Å². The minimum Gasteiger partial charge on any atom is -0.486 e. The number of likely N-dealkylation sites (N-methyl/N-ethyl adjacent to an activating group) is 1. The molecule has 0 radical (unpaired) electrons. The van der Waals surface area contributed by atoms with Gasteiger partial charge in [0.15, 0.2) is 11.5 Å². The zero-order valence-corrected chi connectivity index (χ0v) is 13.4. The standard InChI is InChI=1S/C17H27NO3/c1-4-18-15(12-19-8-7-13(2)3)14-5-6-16-17(11-14)21-10-9-20-16/h5-6,11,13,15,18H,4,7-10,12H2,1-3H3. The molecule has 1 unspecified atom stereocenters. The lowest BCUT2D eigenvalue weighted by Crippen LogP contribution is -2.26. The predicted octanol–water partition coefficient (Wildman–Crippen LogP) is 3.17. The molecule has 0 amide bonds. The van der Waals surface area contributed by atoms with Crippen molar-refractivity contribution in [1.82, 2.24) is 5.32 Å². The van der Waals surface area contributed by atoms with Crippen molar-refractivity contribution in [3.8, 4) is 11.5 Å². The quantitative estimate of drug-likeness (QED) is 0.747. The lowest BCUT2D eigenvalue weighted by molar-refractivity contribution is 0.102. The van der Waals surface area contributed by atoms with Crippen molar-refractivity contribution in [3.05, 3.63) is 23.8 Å². The largest absolute Gasteiger partial charge is 0.486 e. The SMILES string of the molecule is CCNC(COCCC(C)C)c1ccc2c(c1)OCCO2. The summed E-state index contributed by atoms with van der Waals surface area (Å²) in [6, 6.07) is 6.33. The van der Waals surface area contributed by atoms with Gasteiger partial charge in [0.25, 0.3) is 0 Å². The Morgan fingerprint density at radius 3 is 2.67 bits per heavy atom. The zero-order valence-electron chi connectivity index (χ0n) is 13.4. The monoisotopic (exact) mass is 293 g/mol. The first-order valence-electron chi connectivity index (χ1n) is 7.91. The molecule has 0 bridgehead atoms. The molecule has 4 nitrogen and oxygen atoms in total. The molecule has 0 saturated heterocycles. The maximum Gasteiger partial charge on any atom is 0.161 e. The summed E-state index contributed by atoms with van der Waals surface area (Å²) in [7, 11) is 0. The molecule has 0 aliphatic carbocycles. The van der Waals surface area contributed by atoms with Crippen molar-refractivity contribution in [2.45, 2.75) is 33.2 Å². The van der Waals surface area contributed by atoms with E-state index in [0.717, 1.165) is 31.1 Å². The molecule has 0 spiro atoms. The third-order valence-electron chi connectivity index (χ3n) is 3.54. The van der Waals surface area contributed by atoms with E-state index in [1.165, 1.54) is 5.56 Å². The second kappa shape index (κ2) is 8.25. The molecule has 1 aromatic rings. The van der Waals surface area contributed by atoms with Crippen LogP contribution in [0.15, 0.2) is 18.2 Å². The number of hydrogen-bond donors (Lipinski definition) is 1. The van der Waals surface area contributed by atoms with Gasteiger partial charge in [-0.2, -0.15) is 0 Å². The molecule has 0 fully saturated rings. The fourth-order valence-corrected chi connectivity index (χ4v) is 2.32. The average Bonchev–Trinajstić information content (AvgIpc) is 2.49. The van der Waals surface area contributed by atoms with Crippen molar-refractivity contribution in [3.63, 3.8) is 0 Å². The third-order valence-corrected chi connectivity index (χ3v) is 3.54. The molecule has 1 atom stereocenters. The number of benzene rings is 1. The number of fused-ring (bicyclic) bond motifs is 1. The van der Waals surface area contributed by atoms with Gasteiger partial charge in [0.2, 0.25) is 0 Å². The molecule has 1 heterocycles. The van der Waals surface area contributed by atoms with Crippen LogP contribution in [0.4, 0.5) is 0 Å². The topological polar surface area (TPSA) is 39.7 Å². The molecule has 0 saturated carbocycles. The van der Waals surface area contributed by atoms with Gasteiger partial charge in [-0.15, -0.1) is 0 Å². The minimum absolute atomic E-state index is 0.193. The minimum atomic E-state index is 0.193. The van der Waals surface area contributed by atoms with Crippen molar-refractivity contribution in [2.75, 3.05) is 33.0 Å². The van der Waals surface area contributed by atoms with E-state index in [0.29, 0.717) is 25.7 Å². The molecule has 0 aromatic heterocycles. The van der Waals surface area contributed by atoms with Gasteiger partial charge >= 0.3 is 0 Å². The Labute approximate surface area is 127 Å². The second-order valence-electron chi connectivity index (χ2n) is 5.77. The second-order valence-corrected chi connectivity index (χ2v) is 5.77. The highest BCUT2D eigenvalue weighted by atomic mass is 16.6. The van der Waals surface area contributed by atoms with E-state index in [1.807, 2.05) is 6.07 Å². The van der Waals surface area contributed by atoms with E-state index in [1.54, 1.807) is 0 Å². The van der Waals surface area contributed by atoms with E-state index in [-0.39, 0.29) is 6.04 Å². The Hall–Kier alpha value is -1.26. The Morgan fingerprint density at radius 1 is 1.19 bits per heavy atom. The Morgan fingerprint density at radius 2 is 1.95 bits per heavy atom.